The Morgan fingerprint density at radius 2 is 1.44 bits per heavy atom. The number of carbonyl (C=O) groups is 1. The standard InChI is InChI=1S/C27H29NO4/c1-31-24-13-12-23(18-25(24)32-2)26(28-16-14-22(15-17-28)27(29)30)21-10-8-20(9-11-21)19-6-4-3-5-7-19/h3-13,18,22,26H,14-17H2,1-2H3,(H,29,30). The van der Waals surface area contributed by atoms with Crippen molar-refractivity contribution in [1.29, 1.82) is 0 Å². The highest BCUT2D eigenvalue weighted by Crippen LogP contribution is 2.37. The Morgan fingerprint density at radius 1 is 0.844 bits per heavy atom. The number of benzene rings is 3. The van der Waals surface area contributed by atoms with Crippen LogP contribution in [0.15, 0.2) is 72.8 Å². The van der Waals surface area contributed by atoms with Gasteiger partial charge in [0, 0.05) is 0 Å². The lowest BCUT2D eigenvalue weighted by atomic mass is 9.90. The van der Waals surface area contributed by atoms with Gasteiger partial charge in [-0.05, 0) is 60.3 Å². The molecule has 1 N–H and O–H groups in total. The van der Waals surface area contributed by atoms with Crippen LogP contribution in [-0.2, 0) is 4.79 Å². The van der Waals surface area contributed by atoms with E-state index in [9.17, 15) is 9.90 Å². The summed E-state index contributed by atoms with van der Waals surface area (Å²) in [6.45, 7) is 1.47. The normalized spacial score (nSPS) is 15.8. The molecule has 0 radical (unpaired) electrons. The molecule has 3 aromatic carbocycles. The fraction of sp³-hybridized carbons (Fsp3) is 0.296. The van der Waals surface area contributed by atoms with Crippen LogP contribution < -0.4 is 9.47 Å². The molecule has 3 aromatic rings. The van der Waals surface area contributed by atoms with E-state index in [0.717, 1.165) is 18.7 Å². The molecule has 0 saturated carbocycles. The second-order valence-corrected chi connectivity index (χ2v) is 8.15. The average Bonchev–Trinajstić information content (AvgIpc) is 2.85. The molecule has 5 nitrogen and oxygen atoms in total. The van der Waals surface area contributed by atoms with Gasteiger partial charge in [-0.2, -0.15) is 0 Å². The third kappa shape index (κ3) is 4.63. The largest absolute Gasteiger partial charge is 0.493 e. The summed E-state index contributed by atoms with van der Waals surface area (Å²) in [6, 6.07) is 25.0. The van der Waals surface area contributed by atoms with Crippen LogP contribution in [-0.4, -0.2) is 43.3 Å². The highest BCUT2D eigenvalue weighted by atomic mass is 16.5. The molecule has 1 atom stereocenters. The first-order valence-electron chi connectivity index (χ1n) is 10.9. The average molecular weight is 432 g/mol. The Kier molecular flexibility index (Phi) is 6.76. The molecule has 32 heavy (non-hydrogen) atoms. The van der Waals surface area contributed by atoms with Crippen LogP contribution in [0.4, 0.5) is 0 Å². The number of piperidine rings is 1. The van der Waals surface area contributed by atoms with E-state index in [-0.39, 0.29) is 12.0 Å². The van der Waals surface area contributed by atoms with E-state index in [1.165, 1.54) is 16.7 Å². The second-order valence-electron chi connectivity index (χ2n) is 8.15. The molecular weight excluding hydrogens is 402 g/mol. The van der Waals surface area contributed by atoms with Crippen molar-refractivity contribution in [3.63, 3.8) is 0 Å². The van der Waals surface area contributed by atoms with Crippen LogP contribution in [0.5, 0.6) is 11.5 Å². The Balaban J connectivity index is 1.69. The molecule has 1 aliphatic rings. The Bertz CT molecular complexity index is 1040. The van der Waals surface area contributed by atoms with Crippen LogP contribution in [0.3, 0.4) is 0 Å². The van der Waals surface area contributed by atoms with Gasteiger partial charge in [0.15, 0.2) is 11.5 Å². The highest BCUT2D eigenvalue weighted by molar-refractivity contribution is 5.70. The van der Waals surface area contributed by atoms with Crippen molar-refractivity contribution in [2.45, 2.75) is 18.9 Å². The number of carboxylic acid groups (broad SMARTS) is 1. The summed E-state index contributed by atoms with van der Waals surface area (Å²) < 4.78 is 11.0. The molecule has 1 heterocycles. The van der Waals surface area contributed by atoms with Crippen LogP contribution in [0, 0.1) is 5.92 Å². The number of rotatable bonds is 7. The maximum absolute atomic E-state index is 11.4. The smallest absolute Gasteiger partial charge is 0.306 e. The molecular formula is C27H29NO4. The number of hydrogen-bond donors (Lipinski definition) is 1. The van der Waals surface area contributed by atoms with Crippen molar-refractivity contribution in [3.8, 4) is 22.6 Å². The molecule has 4 rings (SSSR count). The SMILES string of the molecule is COc1ccc(C(c2ccc(-c3ccccc3)cc2)N2CCC(C(=O)O)CC2)cc1OC. The van der Waals surface area contributed by atoms with Gasteiger partial charge in [-0.3, -0.25) is 9.69 Å². The van der Waals surface area contributed by atoms with Gasteiger partial charge in [0.1, 0.15) is 0 Å². The second kappa shape index (κ2) is 9.88. The fourth-order valence-corrected chi connectivity index (χ4v) is 4.53. The van der Waals surface area contributed by atoms with E-state index in [1.807, 2.05) is 30.3 Å². The van der Waals surface area contributed by atoms with Gasteiger partial charge < -0.3 is 14.6 Å². The fourth-order valence-electron chi connectivity index (χ4n) is 4.53. The summed E-state index contributed by atoms with van der Waals surface area (Å²) in [6.07, 6.45) is 1.31. The Morgan fingerprint density at radius 3 is 2.03 bits per heavy atom. The highest BCUT2D eigenvalue weighted by Gasteiger charge is 2.30. The molecule has 1 unspecified atom stereocenters. The summed E-state index contributed by atoms with van der Waals surface area (Å²) in [7, 11) is 3.28. The van der Waals surface area contributed by atoms with E-state index >= 15 is 0 Å². The van der Waals surface area contributed by atoms with E-state index in [1.54, 1.807) is 14.2 Å². The van der Waals surface area contributed by atoms with Crippen molar-refractivity contribution < 1.29 is 19.4 Å². The number of hydrogen-bond acceptors (Lipinski definition) is 4. The van der Waals surface area contributed by atoms with E-state index in [2.05, 4.69) is 47.4 Å². The number of likely N-dealkylation sites (tertiary alicyclic amines) is 1. The summed E-state index contributed by atoms with van der Waals surface area (Å²) in [4.78, 5) is 13.8. The lowest BCUT2D eigenvalue weighted by molar-refractivity contribution is -0.143. The molecule has 1 fully saturated rings. The zero-order chi connectivity index (χ0) is 22.5. The topological polar surface area (TPSA) is 59.0 Å². The number of nitrogens with zero attached hydrogens (tertiary/aromatic N) is 1. The maximum atomic E-state index is 11.4. The van der Waals surface area contributed by atoms with Gasteiger partial charge in [-0.25, -0.2) is 0 Å². The molecule has 0 aliphatic carbocycles. The molecule has 0 spiro atoms. The molecule has 1 saturated heterocycles. The molecule has 0 aromatic heterocycles. The first kappa shape index (κ1) is 21.9. The minimum Gasteiger partial charge on any atom is -0.493 e. The van der Waals surface area contributed by atoms with Crippen LogP contribution >= 0.6 is 0 Å². The zero-order valence-corrected chi connectivity index (χ0v) is 18.5. The first-order chi connectivity index (χ1) is 15.6. The molecule has 166 valence electrons. The lowest BCUT2D eigenvalue weighted by Crippen LogP contribution is -2.39. The number of carboxylic acids is 1. The van der Waals surface area contributed by atoms with Crippen molar-refractivity contribution in [3.05, 3.63) is 83.9 Å². The van der Waals surface area contributed by atoms with Crippen molar-refractivity contribution >= 4 is 5.97 Å². The predicted octanol–water partition coefficient (Wildman–Crippen LogP) is 5.26. The molecule has 1 aliphatic heterocycles. The monoisotopic (exact) mass is 431 g/mol. The van der Waals surface area contributed by atoms with E-state index in [0.29, 0.717) is 24.3 Å². The minimum absolute atomic E-state index is 0.00868. The van der Waals surface area contributed by atoms with Gasteiger partial charge in [0.25, 0.3) is 0 Å². The van der Waals surface area contributed by atoms with E-state index in [4.69, 9.17) is 9.47 Å². The summed E-state index contributed by atoms with van der Waals surface area (Å²) in [5.41, 5.74) is 4.63. The maximum Gasteiger partial charge on any atom is 0.306 e. The third-order valence-corrected chi connectivity index (χ3v) is 6.30. The predicted molar refractivity (Wildman–Crippen MR) is 125 cm³/mol. The van der Waals surface area contributed by atoms with Crippen molar-refractivity contribution in [2.75, 3.05) is 27.3 Å². The Hall–Kier alpha value is -3.31. The summed E-state index contributed by atoms with van der Waals surface area (Å²) in [5.74, 6) is 0.424. The van der Waals surface area contributed by atoms with Crippen LogP contribution in [0.2, 0.25) is 0 Å². The quantitative estimate of drug-likeness (QED) is 0.553. The van der Waals surface area contributed by atoms with Crippen LogP contribution in [0.25, 0.3) is 11.1 Å². The van der Waals surface area contributed by atoms with Gasteiger partial charge in [-0.1, -0.05) is 60.7 Å². The number of aliphatic carboxylic acids is 1. The molecule has 0 bridgehead atoms. The van der Waals surface area contributed by atoms with Crippen molar-refractivity contribution in [2.24, 2.45) is 5.92 Å². The molecule has 0 amide bonds. The number of methoxy groups -OCH3 is 2. The van der Waals surface area contributed by atoms with Crippen molar-refractivity contribution in [1.82, 2.24) is 4.90 Å². The van der Waals surface area contributed by atoms with Gasteiger partial charge >= 0.3 is 5.97 Å². The first-order valence-corrected chi connectivity index (χ1v) is 10.9. The lowest BCUT2D eigenvalue weighted by Gasteiger charge is -2.37. The summed E-state index contributed by atoms with van der Waals surface area (Å²) >= 11 is 0. The summed E-state index contributed by atoms with van der Waals surface area (Å²) in [5, 5.41) is 9.41. The van der Waals surface area contributed by atoms with Crippen LogP contribution in [0.1, 0.15) is 30.0 Å². The van der Waals surface area contributed by atoms with Gasteiger partial charge in [0.05, 0.1) is 26.2 Å². The van der Waals surface area contributed by atoms with E-state index < -0.39 is 5.97 Å². The van der Waals surface area contributed by atoms with Gasteiger partial charge in [0.2, 0.25) is 0 Å². The Labute approximate surface area is 189 Å². The minimum atomic E-state index is -0.695. The number of ether oxygens (including phenoxy) is 2. The van der Waals surface area contributed by atoms with Gasteiger partial charge in [-0.15, -0.1) is 0 Å². The zero-order valence-electron chi connectivity index (χ0n) is 18.5. The molecule has 5 heteroatoms. The third-order valence-electron chi connectivity index (χ3n) is 6.30.